The molecular weight excluding hydrogens is 364 g/mol. The molecule has 1 aromatic carbocycles. The number of carbonyl (C=O) groups excluding carboxylic acids is 1. The van der Waals surface area contributed by atoms with Crippen molar-refractivity contribution in [1.82, 2.24) is 19.2 Å². The normalized spacial score (nSPS) is 16.0. The SMILES string of the molecule is Cc1cnc(C(=O)N2CCN(S(=O)(=O)c3ccccc3Cl)CC2)cn1. The molecular formula is C16H17ClN4O3S. The quantitative estimate of drug-likeness (QED) is 0.807. The van der Waals surface area contributed by atoms with E-state index in [-0.39, 0.29) is 47.7 Å². The molecule has 1 aliphatic rings. The summed E-state index contributed by atoms with van der Waals surface area (Å²) < 4.78 is 26.8. The Kier molecular flexibility index (Phi) is 5.03. The van der Waals surface area contributed by atoms with Gasteiger partial charge in [0.15, 0.2) is 0 Å². The fourth-order valence-electron chi connectivity index (χ4n) is 2.59. The first kappa shape index (κ1) is 17.8. The Morgan fingerprint density at radius 3 is 2.36 bits per heavy atom. The van der Waals surface area contributed by atoms with Crippen LogP contribution in [-0.4, -0.2) is 59.7 Å². The number of piperazine rings is 1. The lowest BCUT2D eigenvalue weighted by molar-refractivity contribution is 0.0691. The van der Waals surface area contributed by atoms with Gasteiger partial charge in [0.25, 0.3) is 5.91 Å². The van der Waals surface area contributed by atoms with E-state index in [4.69, 9.17) is 11.6 Å². The summed E-state index contributed by atoms with van der Waals surface area (Å²) in [5.74, 6) is -0.248. The molecule has 2 aromatic rings. The number of benzene rings is 1. The Bertz CT molecular complexity index is 879. The average Bonchev–Trinajstić information content (AvgIpc) is 2.62. The summed E-state index contributed by atoms with van der Waals surface area (Å²) in [6, 6.07) is 6.34. The third-order valence-electron chi connectivity index (χ3n) is 3.98. The van der Waals surface area contributed by atoms with E-state index in [2.05, 4.69) is 9.97 Å². The highest BCUT2D eigenvalue weighted by molar-refractivity contribution is 7.89. The Morgan fingerprint density at radius 2 is 1.76 bits per heavy atom. The van der Waals surface area contributed by atoms with Crippen molar-refractivity contribution in [2.45, 2.75) is 11.8 Å². The van der Waals surface area contributed by atoms with Gasteiger partial charge in [0.2, 0.25) is 10.0 Å². The summed E-state index contributed by atoms with van der Waals surface area (Å²) in [5, 5.41) is 0.191. The lowest BCUT2D eigenvalue weighted by Gasteiger charge is -2.33. The first-order valence-corrected chi connectivity index (χ1v) is 9.54. The van der Waals surface area contributed by atoms with E-state index >= 15 is 0 Å². The summed E-state index contributed by atoms with van der Waals surface area (Å²) >= 11 is 6.01. The van der Waals surface area contributed by atoms with Crippen LogP contribution in [0.25, 0.3) is 0 Å². The summed E-state index contributed by atoms with van der Waals surface area (Å²) in [4.78, 5) is 22.2. The molecule has 0 atom stereocenters. The van der Waals surface area contributed by atoms with Crippen LogP contribution >= 0.6 is 11.6 Å². The fraction of sp³-hybridized carbons (Fsp3) is 0.312. The van der Waals surface area contributed by atoms with Crippen LogP contribution in [0.5, 0.6) is 0 Å². The van der Waals surface area contributed by atoms with Gasteiger partial charge < -0.3 is 4.90 Å². The second-order valence-corrected chi connectivity index (χ2v) is 7.98. The van der Waals surface area contributed by atoms with E-state index < -0.39 is 10.0 Å². The van der Waals surface area contributed by atoms with Gasteiger partial charge in [-0.1, -0.05) is 23.7 Å². The van der Waals surface area contributed by atoms with Gasteiger partial charge in [0.05, 0.1) is 16.9 Å². The zero-order valence-electron chi connectivity index (χ0n) is 13.6. The highest BCUT2D eigenvalue weighted by atomic mass is 35.5. The van der Waals surface area contributed by atoms with Gasteiger partial charge in [-0.05, 0) is 19.1 Å². The zero-order chi connectivity index (χ0) is 18.0. The Labute approximate surface area is 151 Å². The predicted molar refractivity (Wildman–Crippen MR) is 92.9 cm³/mol. The molecule has 2 heterocycles. The van der Waals surface area contributed by atoms with Crippen molar-refractivity contribution < 1.29 is 13.2 Å². The Morgan fingerprint density at radius 1 is 1.08 bits per heavy atom. The molecule has 1 amide bonds. The van der Waals surface area contributed by atoms with Crippen molar-refractivity contribution in [3.63, 3.8) is 0 Å². The molecule has 1 aromatic heterocycles. The zero-order valence-corrected chi connectivity index (χ0v) is 15.2. The molecule has 1 aliphatic heterocycles. The first-order chi connectivity index (χ1) is 11.9. The van der Waals surface area contributed by atoms with Crippen molar-refractivity contribution in [2.24, 2.45) is 0 Å². The number of amides is 1. The van der Waals surface area contributed by atoms with Crippen LogP contribution in [0.1, 0.15) is 16.2 Å². The van der Waals surface area contributed by atoms with Crippen molar-refractivity contribution in [1.29, 1.82) is 0 Å². The number of rotatable bonds is 3. The molecule has 1 saturated heterocycles. The molecule has 132 valence electrons. The third-order valence-corrected chi connectivity index (χ3v) is 6.38. The molecule has 0 N–H and O–H groups in total. The monoisotopic (exact) mass is 380 g/mol. The molecule has 3 rings (SSSR count). The van der Waals surface area contributed by atoms with E-state index in [1.807, 2.05) is 0 Å². The van der Waals surface area contributed by atoms with Gasteiger partial charge in [-0.15, -0.1) is 0 Å². The van der Waals surface area contributed by atoms with E-state index in [0.717, 1.165) is 5.69 Å². The van der Waals surface area contributed by atoms with Crippen LogP contribution in [0.15, 0.2) is 41.6 Å². The van der Waals surface area contributed by atoms with Crippen LogP contribution in [0.3, 0.4) is 0 Å². The van der Waals surface area contributed by atoms with Gasteiger partial charge >= 0.3 is 0 Å². The van der Waals surface area contributed by atoms with Crippen LogP contribution in [0, 0.1) is 6.92 Å². The molecule has 0 bridgehead atoms. The number of sulfonamides is 1. The molecule has 9 heteroatoms. The number of halogens is 1. The highest BCUT2D eigenvalue weighted by Gasteiger charge is 2.31. The second-order valence-electron chi connectivity index (χ2n) is 5.67. The van der Waals surface area contributed by atoms with Crippen LogP contribution in [0.2, 0.25) is 5.02 Å². The van der Waals surface area contributed by atoms with Crippen molar-refractivity contribution in [2.75, 3.05) is 26.2 Å². The fourth-order valence-corrected chi connectivity index (χ4v) is 4.51. The Hall–Kier alpha value is -2.03. The van der Waals surface area contributed by atoms with Crippen LogP contribution < -0.4 is 0 Å². The van der Waals surface area contributed by atoms with Crippen molar-refractivity contribution in [3.8, 4) is 0 Å². The highest BCUT2D eigenvalue weighted by Crippen LogP contribution is 2.25. The van der Waals surface area contributed by atoms with Crippen LogP contribution in [0.4, 0.5) is 0 Å². The lowest BCUT2D eigenvalue weighted by atomic mass is 10.3. The molecule has 0 unspecified atom stereocenters. The van der Waals surface area contributed by atoms with E-state index in [1.165, 1.54) is 22.8 Å². The van der Waals surface area contributed by atoms with Gasteiger partial charge in [-0.2, -0.15) is 4.31 Å². The largest absolute Gasteiger partial charge is 0.335 e. The maximum absolute atomic E-state index is 12.7. The molecule has 0 spiro atoms. The summed E-state index contributed by atoms with van der Waals surface area (Å²) in [6.07, 6.45) is 2.97. The average molecular weight is 381 g/mol. The summed E-state index contributed by atoms with van der Waals surface area (Å²) in [5.41, 5.74) is 0.986. The topological polar surface area (TPSA) is 83.5 Å². The number of carbonyl (C=O) groups is 1. The van der Waals surface area contributed by atoms with E-state index in [9.17, 15) is 13.2 Å². The maximum atomic E-state index is 12.7. The minimum atomic E-state index is -3.68. The smallest absolute Gasteiger partial charge is 0.274 e. The number of hydrogen-bond donors (Lipinski definition) is 0. The van der Waals surface area contributed by atoms with Gasteiger partial charge in [-0.3, -0.25) is 9.78 Å². The molecule has 0 aliphatic carbocycles. The van der Waals surface area contributed by atoms with E-state index in [1.54, 1.807) is 30.0 Å². The standard InChI is InChI=1S/C16H17ClN4O3S/c1-12-10-19-14(11-18-12)16(22)20-6-8-21(9-7-20)25(23,24)15-5-3-2-4-13(15)17/h2-5,10-11H,6-9H2,1H3. The summed E-state index contributed by atoms with van der Waals surface area (Å²) in [6.45, 7) is 2.78. The number of aryl methyl sites for hydroxylation is 1. The minimum absolute atomic E-state index is 0.0841. The third kappa shape index (κ3) is 3.65. The van der Waals surface area contributed by atoms with Gasteiger partial charge in [0, 0.05) is 32.4 Å². The van der Waals surface area contributed by atoms with Gasteiger partial charge in [0.1, 0.15) is 10.6 Å². The maximum Gasteiger partial charge on any atom is 0.274 e. The molecule has 0 saturated carbocycles. The molecule has 0 radical (unpaired) electrons. The minimum Gasteiger partial charge on any atom is -0.335 e. The van der Waals surface area contributed by atoms with Crippen molar-refractivity contribution in [3.05, 3.63) is 53.1 Å². The Balaban J connectivity index is 1.70. The molecule has 25 heavy (non-hydrogen) atoms. The summed E-state index contributed by atoms with van der Waals surface area (Å²) in [7, 11) is -3.68. The number of hydrogen-bond acceptors (Lipinski definition) is 5. The predicted octanol–water partition coefficient (Wildman–Crippen LogP) is 1.59. The molecule has 7 nitrogen and oxygen atoms in total. The van der Waals surface area contributed by atoms with Gasteiger partial charge in [-0.25, -0.2) is 13.4 Å². The second kappa shape index (κ2) is 7.07. The first-order valence-electron chi connectivity index (χ1n) is 7.72. The number of aromatic nitrogens is 2. The number of nitrogens with zero attached hydrogens (tertiary/aromatic N) is 4. The lowest BCUT2D eigenvalue weighted by Crippen LogP contribution is -2.50. The van der Waals surface area contributed by atoms with Crippen molar-refractivity contribution >= 4 is 27.5 Å². The molecule has 1 fully saturated rings. The van der Waals surface area contributed by atoms with E-state index in [0.29, 0.717) is 0 Å². The van der Waals surface area contributed by atoms with Crippen LogP contribution in [-0.2, 0) is 10.0 Å².